The zero-order chi connectivity index (χ0) is 34.8. The molecule has 8 unspecified atom stereocenters. The van der Waals surface area contributed by atoms with E-state index in [0.717, 1.165) is 6.42 Å². The topological polar surface area (TPSA) is 0 Å². The number of rotatable bonds is 3. The van der Waals surface area contributed by atoms with Gasteiger partial charge in [-0.15, -0.1) is 0 Å². The molecule has 2 aromatic rings. The molecule has 0 aromatic heterocycles. The summed E-state index contributed by atoms with van der Waals surface area (Å²) in [5.41, 5.74) is 12.1. The van der Waals surface area contributed by atoms with Crippen molar-refractivity contribution in [2.24, 2.45) is 37.9 Å². The summed E-state index contributed by atoms with van der Waals surface area (Å²) in [7, 11) is 0. The first-order valence-electron chi connectivity index (χ1n) is 18.3. The van der Waals surface area contributed by atoms with Crippen molar-refractivity contribution in [2.75, 3.05) is 0 Å². The fourth-order valence-electron chi connectivity index (χ4n) is 12.7. The molecular formula is C48H51Cl2Zr. The van der Waals surface area contributed by atoms with E-state index in [1.807, 2.05) is 0 Å². The van der Waals surface area contributed by atoms with Gasteiger partial charge in [-0.2, -0.15) is 0 Å². The summed E-state index contributed by atoms with van der Waals surface area (Å²) >= 11 is 1.61. The van der Waals surface area contributed by atoms with Crippen LogP contribution in [0, 0.1) is 37.9 Å². The maximum absolute atomic E-state index is 2.73. The quantitative estimate of drug-likeness (QED) is 0.326. The first kappa shape index (κ1) is 38.3. The van der Waals surface area contributed by atoms with E-state index >= 15 is 0 Å². The molecule has 0 amide bonds. The molecule has 0 heterocycles. The van der Waals surface area contributed by atoms with Gasteiger partial charge in [-0.3, -0.25) is 0 Å². The van der Waals surface area contributed by atoms with Crippen molar-refractivity contribution in [2.45, 2.75) is 72.4 Å². The molecule has 0 nitrogen and oxygen atoms in total. The molecule has 6 aliphatic rings. The molecule has 2 saturated carbocycles. The first-order chi connectivity index (χ1) is 23.2. The predicted octanol–water partition coefficient (Wildman–Crippen LogP) is 6.69. The van der Waals surface area contributed by atoms with Gasteiger partial charge < -0.3 is 24.8 Å². The molecule has 0 aliphatic heterocycles. The van der Waals surface area contributed by atoms with E-state index in [1.165, 1.54) is 39.0 Å². The summed E-state index contributed by atoms with van der Waals surface area (Å²) in [5.74, 6) is 0. The Morgan fingerprint density at radius 1 is 0.627 bits per heavy atom. The Hall–Kier alpha value is -2.44. The fourth-order valence-corrected chi connectivity index (χ4v) is 15.1. The largest absolute Gasteiger partial charge is 1.00 e. The Balaban J connectivity index is 0.00000224. The van der Waals surface area contributed by atoms with Gasteiger partial charge in [0.15, 0.2) is 0 Å². The third-order valence-corrected chi connectivity index (χ3v) is 18.4. The molecule has 0 N–H and O–H groups in total. The van der Waals surface area contributed by atoms with Gasteiger partial charge in [0.05, 0.1) is 0 Å². The van der Waals surface area contributed by atoms with Crippen LogP contribution < -0.4 is 24.8 Å². The third-order valence-electron chi connectivity index (χ3n) is 16.3. The van der Waals surface area contributed by atoms with Crippen molar-refractivity contribution >= 4 is 5.57 Å². The Morgan fingerprint density at radius 3 is 1.59 bits per heavy atom. The Labute approximate surface area is 335 Å². The Morgan fingerprint density at radius 2 is 1.10 bits per heavy atom. The predicted molar refractivity (Wildman–Crippen MR) is 203 cm³/mol. The number of halogens is 2. The van der Waals surface area contributed by atoms with Crippen molar-refractivity contribution in [1.29, 1.82) is 0 Å². The van der Waals surface area contributed by atoms with Crippen LogP contribution in [-0.2, 0) is 24.7 Å². The standard InChI is InChI=1S/C48H51.2ClH.Zr/c1-33-24-25-37(30-33)40-34(2)47(8)38(31-39(40)41(35-20-12-10-13-21-35)36-22-14-11-15-23-36)32-46(7)44(5)28-17-16-26-42(44,3)43(4)27-18-19-29-45(43,6)48(46,47)9;;;/h10-24,26-32H,25H2,1-9H3;2*1H;/q;;;+2/p-2. The molecule has 3 heteroatoms. The Bertz CT molecular complexity index is 2030. The van der Waals surface area contributed by atoms with Crippen LogP contribution in [0.25, 0.3) is 5.57 Å². The normalized spacial score (nSPS) is 39.9. The molecule has 6 aliphatic carbocycles. The summed E-state index contributed by atoms with van der Waals surface area (Å²) in [6, 6.07) is 22.3. The van der Waals surface area contributed by atoms with E-state index in [-0.39, 0.29) is 62.7 Å². The molecule has 2 aromatic carbocycles. The molecule has 0 spiro atoms. The first-order valence-corrected chi connectivity index (χ1v) is 19.7. The van der Waals surface area contributed by atoms with E-state index in [9.17, 15) is 0 Å². The van der Waals surface area contributed by atoms with Crippen LogP contribution in [0.1, 0.15) is 79.9 Å². The number of hydrogen-bond acceptors (Lipinski definition) is 0. The van der Waals surface area contributed by atoms with Crippen LogP contribution in [0.5, 0.6) is 0 Å². The average molecular weight is 790 g/mol. The van der Waals surface area contributed by atoms with Gasteiger partial charge in [0.2, 0.25) is 0 Å². The number of benzene rings is 2. The van der Waals surface area contributed by atoms with E-state index in [4.69, 9.17) is 0 Å². The van der Waals surface area contributed by atoms with Crippen molar-refractivity contribution < 1.29 is 49.5 Å². The van der Waals surface area contributed by atoms with Crippen molar-refractivity contribution in [3.05, 3.63) is 172 Å². The van der Waals surface area contributed by atoms with Gasteiger partial charge in [0.1, 0.15) is 0 Å². The van der Waals surface area contributed by atoms with E-state index < -0.39 is 0 Å². The molecule has 0 bridgehead atoms. The number of fused-ring (bicyclic) bond motifs is 8. The molecular weight excluding hydrogens is 739 g/mol. The molecule has 2 fully saturated rings. The van der Waals surface area contributed by atoms with Gasteiger partial charge in [-0.05, 0) is 0 Å². The maximum Gasteiger partial charge on any atom is -1.00 e. The molecule has 8 atom stereocenters. The van der Waals surface area contributed by atoms with Crippen LogP contribution in [0.4, 0.5) is 0 Å². The molecule has 261 valence electrons. The molecule has 51 heavy (non-hydrogen) atoms. The molecule has 0 saturated heterocycles. The molecule has 0 radical (unpaired) electrons. The van der Waals surface area contributed by atoms with Gasteiger partial charge in [-0.25, -0.2) is 0 Å². The van der Waals surface area contributed by atoms with Gasteiger partial charge in [0.25, 0.3) is 0 Å². The van der Waals surface area contributed by atoms with E-state index in [2.05, 4.69) is 190 Å². The summed E-state index contributed by atoms with van der Waals surface area (Å²) < 4.78 is 0.424. The van der Waals surface area contributed by atoms with E-state index in [1.54, 1.807) is 35.9 Å². The second-order valence-electron chi connectivity index (χ2n) is 17.1. The van der Waals surface area contributed by atoms with Gasteiger partial charge >= 0.3 is 313 Å². The fraction of sp³-hybridized carbons (Fsp3) is 0.375. The summed E-state index contributed by atoms with van der Waals surface area (Å²) in [6.07, 6.45) is 28.5. The SMILES string of the molecule is CC1=CCC(C2=C(C)C3(C)C(=CC2=C(c2ccccc2)c2ccccc2)[CH]([Zr+2])C2(C)C4(C)C=CC=CC4(C)C4(C)C=CC=CC4(C)C32C)=C1.[Cl-].[Cl-]. The summed E-state index contributed by atoms with van der Waals surface area (Å²) in [4.78, 5) is 0. The zero-order valence-electron chi connectivity index (χ0n) is 31.7. The number of allylic oxidation sites excluding steroid dienone is 17. The van der Waals surface area contributed by atoms with Crippen LogP contribution in [0.2, 0.25) is 3.63 Å². The molecule has 8 rings (SSSR count). The van der Waals surface area contributed by atoms with Crippen molar-refractivity contribution in [1.82, 2.24) is 0 Å². The second-order valence-corrected chi connectivity index (χ2v) is 18.5. The smallest absolute Gasteiger partial charge is 1.00 e. The van der Waals surface area contributed by atoms with Gasteiger partial charge in [0, 0.05) is 0 Å². The Kier molecular flexibility index (Phi) is 9.24. The van der Waals surface area contributed by atoms with Crippen LogP contribution in [-0.4, -0.2) is 0 Å². The van der Waals surface area contributed by atoms with Crippen molar-refractivity contribution in [3.63, 3.8) is 0 Å². The minimum absolute atomic E-state index is 0. The summed E-state index contributed by atoms with van der Waals surface area (Å²) in [5, 5.41) is 0. The third kappa shape index (κ3) is 4.19. The van der Waals surface area contributed by atoms with Gasteiger partial charge in [-0.1, -0.05) is 0 Å². The monoisotopic (exact) mass is 787 g/mol. The minimum Gasteiger partial charge on any atom is -1.00 e. The second kappa shape index (κ2) is 12.3. The summed E-state index contributed by atoms with van der Waals surface area (Å²) in [6.45, 7) is 23.3. The average Bonchev–Trinajstić information content (AvgIpc) is 3.58. The zero-order valence-corrected chi connectivity index (χ0v) is 35.6. The van der Waals surface area contributed by atoms with Crippen LogP contribution in [0.3, 0.4) is 0 Å². The minimum atomic E-state index is -0.171. The number of hydrogen-bond donors (Lipinski definition) is 0. The van der Waals surface area contributed by atoms with Crippen LogP contribution in [0.15, 0.2) is 161 Å². The van der Waals surface area contributed by atoms with E-state index in [0.29, 0.717) is 3.63 Å². The van der Waals surface area contributed by atoms with Crippen molar-refractivity contribution in [3.8, 4) is 0 Å². The maximum atomic E-state index is 2.73. The van der Waals surface area contributed by atoms with Crippen LogP contribution >= 0.6 is 0 Å².